The predicted octanol–water partition coefficient (Wildman–Crippen LogP) is -3.71. The molecule has 0 spiro atoms. The van der Waals surface area contributed by atoms with Crippen LogP contribution < -0.4 is 14.7 Å². The molecule has 8 nitrogen and oxygen atoms in total. The van der Waals surface area contributed by atoms with Crippen LogP contribution in [0.4, 0.5) is 0 Å². The van der Waals surface area contributed by atoms with Gasteiger partial charge in [0, 0.05) is 0 Å². The molecule has 0 amide bonds. The summed E-state index contributed by atoms with van der Waals surface area (Å²) in [6.45, 7) is 0. The van der Waals surface area contributed by atoms with Gasteiger partial charge in [-0.25, -0.2) is 0 Å². The summed E-state index contributed by atoms with van der Waals surface area (Å²) in [7, 11) is -5.39. The number of hydrogen-bond acceptors (Lipinski definition) is 7. The van der Waals surface area contributed by atoms with Crippen LogP contribution in [0.15, 0.2) is 0 Å². The van der Waals surface area contributed by atoms with Crippen LogP contribution in [0.2, 0.25) is 0 Å². The third-order valence-corrected chi connectivity index (χ3v) is 0. The zero-order valence-electron chi connectivity index (χ0n) is 4.25. The molecule has 0 heterocycles. The topological polar surface area (TPSA) is 152 Å². The second-order valence-corrected chi connectivity index (χ2v) is 1.57. The van der Waals surface area contributed by atoms with Gasteiger partial charge in [0.15, 0.2) is 0 Å². The molecule has 0 atom stereocenters. The summed E-state index contributed by atoms with van der Waals surface area (Å²) in [5, 5.41) is 14.8. The van der Waals surface area contributed by atoms with E-state index in [1.807, 2.05) is 0 Å². The molecule has 10 heavy (non-hydrogen) atoms. The van der Waals surface area contributed by atoms with Crippen LogP contribution in [0.1, 0.15) is 0 Å². The van der Waals surface area contributed by atoms with Gasteiger partial charge in [0.25, 0.3) is 0 Å². The third-order valence-electron chi connectivity index (χ3n) is 0. The van der Waals surface area contributed by atoms with Crippen LogP contribution in [0.3, 0.4) is 0 Å². The van der Waals surface area contributed by atoms with Gasteiger partial charge in [-0.3, -0.25) is 0 Å². The molecule has 0 radical (unpaired) electrons. The molecular weight excluding hydrogens is 366 g/mol. The maximum atomic E-state index is 8.55. The van der Waals surface area contributed by atoms with Crippen molar-refractivity contribution in [2.45, 2.75) is 0 Å². The van der Waals surface area contributed by atoms with Crippen molar-refractivity contribution in [1.82, 2.24) is 0 Å². The zero-order valence-corrected chi connectivity index (χ0v) is 9.03. The summed E-state index contributed by atoms with van der Waals surface area (Å²) in [6.07, 6.45) is 0. The zero-order chi connectivity index (χ0) is 8.08. The van der Waals surface area contributed by atoms with Crippen molar-refractivity contribution in [2.75, 3.05) is 0 Å². The normalized spacial score (nSPS) is 8.30. The van der Waals surface area contributed by atoms with E-state index in [0.29, 0.717) is 0 Å². The van der Waals surface area contributed by atoms with E-state index in [1.165, 1.54) is 0 Å². The third kappa shape index (κ3) is 11400. The van der Waals surface area contributed by atoms with Crippen molar-refractivity contribution >= 4 is 34.0 Å². The fraction of sp³-hybridized carbons (Fsp3) is 0. The Bertz CT molecular complexity index is 113. The molecular formula is HBiNO7P. The molecule has 0 saturated heterocycles. The molecule has 0 aromatic carbocycles. The average molecular weight is 367 g/mol. The van der Waals surface area contributed by atoms with Gasteiger partial charge in [0.2, 0.25) is 0 Å². The number of phosphoric acid groups is 1. The molecule has 0 rings (SSSR count). The van der Waals surface area contributed by atoms with E-state index < -0.39 is 12.9 Å². The molecule has 0 fully saturated rings. The Morgan fingerprint density at radius 1 is 1.10 bits per heavy atom. The molecule has 0 bridgehead atoms. The number of hydrogen-bond donors (Lipinski definition) is 0. The Labute approximate surface area is 74.0 Å². The first kappa shape index (κ1) is 16.6. The van der Waals surface area contributed by atoms with Crippen LogP contribution in [0.25, 0.3) is 0 Å². The van der Waals surface area contributed by atoms with E-state index in [0.717, 1.165) is 0 Å². The van der Waals surface area contributed by atoms with Crippen molar-refractivity contribution in [3.05, 3.63) is 15.3 Å². The van der Waals surface area contributed by atoms with Crippen LogP contribution in [0.5, 0.6) is 0 Å². The Kier molecular flexibility index (Phi) is 12.2. The summed E-state index contributed by atoms with van der Waals surface area (Å²) in [5.41, 5.74) is 0. The first-order chi connectivity index (χ1) is 3.73. The van der Waals surface area contributed by atoms with E-state index in [4.69, 9.17) is 34.6 Å². The van der Waals surface area contributed by atoms with E-state index in [-0.39, 0.29) is 26.2 Å². The Morgan fingerprint density at radius 2 is 1.10 bits per heavy atom. The molecule has 0 aliphatic heterocycles. The van der Waals surface area contributed by atoms with Gasteiger partial charge in [0.05, 0.1) is 5.09 Å². The van der Waals surface area contributed by atoms with Gasteiger partial charge in [-0.1, -0.05) is 0 Å². The van der Waals surface area contributed by atoms with Gasteiger partial charge in [0.1, 0.15) is 0 Å². The van der Waals surface area contributed by atoms with Crippen LogP contribution in [-0.4, -0.2) is 31.3 Å². The molecule has 0 aromatic heterocycles. The standard InChI is InChI=1S/Bi.NO3.H3O4P.H/c;2-1(3)4;1-5(2,3)4;/h;;(H3,1,2,3,4);/q+4;-1;;/p-3. The summed E-state index contributed by atoms with van der Waals surface area (Å²) < 4.78 is 8.55. The molecule has 0 N–H and O–H groups in total. The van der Waals surface area contributed by atoms with E-state index in [1.54, 1.807) is 0 Å². The second-order valence-electron chi connectivity index (χ2n) is 0.671. The van der Waals surface area contributed by atoms with Crippen LogP contribution in [-0.2, 0) is 4.57 Å². The SMILES string of the molecule is O=P([O-])([O-])[O-].O=[N+]([O-])[O-].[BiH+4]. The maximum absolute atomic E-state index is 8.55. The molecule has 0 aliphatic carbocycles. The fourth-order valence-corrected chi connectivity index (χ4v) is 0. The number of rotatable bonds is 0. The van der Waals surface area contributed by atoms with Crippen molar-refractivity contribution in [1.29, 1.82) is 0 Å². The van der Waals surface area contributed by atoms with E-state index in [2.05, 4.69) is 0 Å². The van der Waals surface area contributed by atoms with Crippen LogP contribution >= 0.6 is 7.82 Å². The molecule has 58 valence electrons. The quantitative estimate of drug-likeness (QED) is 0.185. The minimum absolute atomic E-state index is 0. The van der Waals surface area contributed by atoms with Gasteiger partial charge in [-0.2, -0.15) is 7.82 Å². The second kappa shape index (κ2) is 7.30. The molecule has 0 aliphatic rings. The summed E-state index contributed by atoms with van der Waals surface area (Å²) in [5.74, 6) is 0. The average Bonchev–Trinajstić information content (AvgIpc) is 1.19. The minimum atomic E-state index is -5.39. The number of nitrogens with zero attached hydrogens (tertiary/aromatic N) is 1. The Hall–Kier alpha value is 0.193. The summed E-state index contributed by atoms with van der Waals surface area (Å²) in [6, 6.07) is 0. The van der Waals surface area contributed by atoms with Gasteiger partial charge in [-0.05, 0) is 0 Å². The van der Waals surface area contributed by atoms with E-state index in [9.17, 15) is 0 Å². The monoisotopic (exact) mass is 367 g/mol. The first-order valence-corrected chi connectivity index (χ1v) is 2.74. The van der Waals surface area contributed by atoms with Gasteiger partial charge in [-0.15, -0.1) is 0 Å². The Balaban J connectivity index is -0.0000000910. The van der Waals surface area contributed by atoms with Gasteiger partial charge < -0.3 is 34.6 Å². The van der Waals surface area contributed by atoms with Crippen molar-refractivity contribution in [3.63, 3.8) is 0 Å². The molecule has 0 unspecified atom stereocenters. The Morgan fingerprint density at radius 3 is 1.10 bits per heavy atom. The van der Waals surface area contributed by atoms with Crippen molar-refractivity contribution < 1.29 is 24.3 Å². The molecule has 0 saturated carbocycles. The summed E-state index contributed by atoms with van der Waals surface area (Å²) >= 11 is 0. The summed E-state index contributed by atoms with van der Waals surface area (Å²) in [4.78, 5) is 33.9. The van der Waals surface area contributed by atoms with E-state index >= 15 is 0 Å². The van der Waals surface area contributed by atoms with Crippen LogP contribution in [0, 0.1) is 15.3 Å². The van der Waals surface area contributed by atoms with Gasteiger partial charge >= 0.3 is 26.2 Å². The first-order valence-electron chi connectivity index (χ1n) is 1.28. The molecule has 0 aromatic rings. The van der Waals surface area contributed by atoms with Crippen molar-refractivity contribution in [2.24, 2.45) is 0 Å². The van der Waals surface area contributed by atoms with Crippen molar-refractivity contribution in [3.8, 4) is 0 Å². The predicted molar refractivity (Wildman–Crippen MR) is 25.1 cm³/mol. The fourth-order valence-electron chi connectivity index (χ4n) is 0. The molecule has 10 heteroatoms.